The summed E-state index contributed by atoms with van der Waals surface area (Å²) in [6.07, 6.45) is 20.5. The van der Waals surface area contributed by atoms with Gasteiger partial charge in [-0.05, 0) is 80.1 Å². The Morgan fingerprint density at radius 3 is 2.86 bits per heavy atom. The Hall–Kier alpha value is -1.71. The van der Waals surface area contributed by atoms with Crippen molar-refractivity contribution in [3.8, 4) is 0 Å². The molecule has 1 aromatic heterocycles. The highest BCUT2D eigenvalue weighted by Gasteiger charge is 2.51. The first-order valence-corrected chi connectivity index (χ1v) is 11.4. The number of unbranched alkanes of at least 4 members (excludes halogenated alkanes) is 1. The Bertz CT molecular complexity index is 793. The highest BCUT2D eigenvalue weighted by atomic mass is 16.1. The van der Waals surface area contributed by atoms with Gasteiger partial charge in [0.05, 0.1) is 0 Å². The van der Waals surface area contributed by atoms with Gasteiger partial charge in [0.1, 0.15) is 12.7 Å². The fourth-order valence-corrected chi connectivity index (χ4v) is 6.99. The number of carbonyl (C=O) groups is 1. The summed E-state index contributed by atoms with van der Waals surface area (Å²) >= 11 is 0. The van der Waals surface area contributed by atoms with Gasteiger partial charge in [-0.15, -0.1) is 10.2 Å². The molecule has 28 heavy (non-hydrogen) atoms. The van der Waals surface area contributed by atoms with Crippen LogP contribution in [0.2, 0.25) is 0 Å². The Kier molecular flexibility index (Phi) is 4.76. The van der Waals surface area contributed by atoms with E-state index in [-0.39, 0.29) is 0 Å². The normalized spacial score (nSPS) is 37.0. The summed E-state index contributed by atoms with van der Waals surface area (Å²) < 4.78 is 2.02. The van der Waals surface area contributed by atoms with Crippen molar-refractivity contribution in [1.82, 2.24) is 14.8 Å². The first kappa shape index (κ1) is 18.3. The van der Waals surface area contributed by atoms with E-state index in [1.165, 1.54) is 44.1 Å². The van der Waals surface area contributed by atoms with Crippen molar-refractivity contribution in [2.75, 3.05) is 0 Å². The molecule has 0 aromatic carbocycles. The lowest BCUT2D eigenvalue weighted by Crippen LogP contribution is -2.43. The van der Waals surface area contributed by atoms with Crippen molar-refractivity contribution in [2.24, 2.45) is 29.1 Å². The number of fused-ring (bicyclic) bond motifs is 5. The van der Waals surface area contributed by atoms with Gasteiger partial charge in [-0.3, -0.25) is 4.79 Å². The number of rotatable bonds is 5. The van der Waals surface area contributed by atoms with Crippen LogP contribution in [-0.4, -0.2) is 20.5 Å². The summed E-state index contributed by atoms with van der Waals surface area (Å²) in [7, 11) is 0. The van der Waals surface area contributed by atoms with Crippen molar-refractivity contribution in [1.29, 1.82) is 0 Å². The van der Waals surface area contributed by atoms with E-state index >= 15 is 0 Å². The van der Waals surface area contributed by atoms with Gasteiger partial charge in [-0.25, -0.2) is 0 Å². The molecule has 0 bridgehead atoms. The minimum absolute atomic E-state index is 0.381. The summed E-state index contributed by atoms with van der Waals surface area (Å²) in [6, 6.07) is 0. The largest absolute Gasteiger partial charge is 0.320 e. The van der Waals surface area contributed by atoms with Crippen molar-refractivity contribution in [2.45, 2.75) is 77.7 Å². The van der Waals surface area contributed by atoms with Crippen LogP contribution in [-0.2, 0) is 11.3 Å². The van der Waals surface area contributed by atoms with Gasteiger partial charge in [0, 0.05) is 18.9 Å². The number of carbonyl (C=O) groups excluding carboxylic acids is 1. The third-order valence-corrected chi connectivity index (χ3v) is 8.50. The average molecular weight is 380 g/mol. The number of allylic oxidation sites excluding steroid dienone is 4. The minimum Gasteiger partial charge on any atom is -0.320 e. The van der Waals surface area contributed by atoms with E-state index in [0.29, 0.717) is 23.5 Å². The number of nitrogens with zero attached hydrogens (tertiary/aromatic N) is 3. The minimum atomic E-state index is 0.381. The maximum absolute atomic E-state index is 12.7. The molecule has 4 aliphatic carbocycles. The van der Waals surface area contributed by atoms with E-state index in [1.54, 1.807) is 12.7 Å². The Morgan fingerprint density at radius 2 is 2.00 bits per heavy atom. The molecular formula is C24H33N3O. The molecule has 0 unspecified atom stereocenters. The molecule has 5 rings (SSSR count). The van der Waals surface area contributed by atoms with Crippen LogP contribution in [0.25, 0.3) is 0 Å². The van der Waals surface area contributed by atoms with Crippen LogP contribution in [0.1, 0.15) is 71.1 Å². The Balaban J connectivity index is 1.27. The SMILES string of the molecule is C[C@@]12CCC[C@H]1[C@@H]1CC=C3CC(=O)C(CCCCn4cnnc4)=C[C@@H]3[C@H]1CC2. The number of aryl methyl sites for hydroxylation is 1. The van der Waals surface area contributed by atoms with Crippen molar-refractivity contribution >= 4 is 5.78 Å². The van der Waals surface area contributed by atoms with E-state index in [9.17, 15) is 4.79 Å². The maximum Gasteiger partial charge on any atom is 0.162 e. The third kappa shape index (κ3) is 3.19. The monoisotopic (exact) mass is 379 g/mol. The molecule has 0 amide bonds. The van der Waals surface area contributed by atoms with Crippen LogP contribution < -0.4 is 0 Å². The van der Waals surface area contributed by atoms with Crippen LogP contribution in [0, 0.1) is 29.1 Å². The maximum atomic E-state index is 12.7. The van der Waals surface area contributed by atoms with Gasteiger partial charge in [-0.1, -0.05) is 31.1 Å². The fraction of sp³-hybridized carbons (Fsp3) is 0.708. The summed E-state index contributed by atoms with van der Waals surface area (Å²) in [6.45, 7) is 3.50. The summed E-state index contributed by atoms with van der Waals surface area (Å²) in [5.41, 5.74) is 3.17. The highest BCUT2D eigenvalue weighted by Crippen LogP contribution is 2.60. The van der Waals surface area contributed by atoms with E-state index < -0.39 is 0 Å². The number of hydrogen-bond acceptors (Lipinski definition) is 3. The highest BCUT2D eigenvalue weighted by molar-refractivity contribution is 5.98. The topological polar surface area (TPSA) is 47.8 Å². The van der Waals surface area contributed by atoms with E-state index in [2.05, 4.69) is 29.3 Å². The Morgan fingerprint density at radius 1 is 1.14 bits per heavy atom. The molecule has 0 spiro atoms. The van der Waals surface area contributed by atoms with Crippen LogP contribution >= 0.6 is 0 Å². The molecule has 0 N–H and O–H groups in total. The standard InChI is InChI=1S/C24H33N3O/c1-24-10-4-6-22(24)20-8-7-17-14-23(28)18(13-21(17)19(20)9-11-24)5-2-3-12-27-15-25-26-16-27/h7,13,15-16,19-22H,2-6,8-12,14H2,1H3/t19-,20+,21-,22-,24-/m0/s1. The van der Waals surface area contributed by atoms with Gasteiger partial charge in [0.2, 0.25) is 0 Å². The first-order chi connectivity index (χ1) is 13.6. The molecule has 1 aromatic rings. The molecule has 2 saturated carbocycles. The predicted molar refractivity (Wildman–Crippen MR) is 109 cm³/mol. The number of Topliss-reactive ketones (excluding diaryl/α,β-unsaturated/α-hetero) is 1. The van der Waals surface area contributed by atoms with Gasteiger partial charge in [0.15, 0.2) is 5.78 Å². The van der Waals surface area contributed by atoms with Crippen molar-refractivity contribution in [3.05, 3.63) is 36.0 Å². The van der Waals surface area contributed by atoms with Gasteiger partial charge in [0.25, 0.3) is 0 Å². The smallest absolute Gasteiger partial charge is 0.162 e. The van der Waals surface area contributed by atoms with Crippen LogP contribution in [0.15, 0.2) is 36.0 Å². The van der Waals surface area contributed by atoms with Crippen molar-refractivity contribution in [3.63, 3.8) is 0 Å². The zero-order valence-electron chi connectivity index (χ0n) is 17.1. The van der Waals surface area contributed by atoms with E-state index in [1.807, 2.05) is 4.57 Å². The lowest BCUT2D eigenvalue weighted by atomic mass is 9.53. The molecule has 0 radical (unpaired) electrons. The van der Waals surface area contributed by atoms with Crippen LogP contribution in [0.5, 0.6) is 0 Å². The lowest BCUT2D eigenvalue weighted by molar-refractivity contribution is -0.115. The summed E-state index contributed by atoms with van der Waals surface area (Å²) in [5.74, 6) is 3.49. The zero-order chi connectivity index (χ0) is 19.1. The zero-order valence-corrected chi connectivity index (χ0v) is 17.1. The second kappa shape index (κ2) is 7.27. The molecule has 4 aliphatic rings. The summed E-state index contributed by atoms with van der Waals surface area (Å²) in [4.78, 5) is 12.7. The van der Waals surface area contributed by atoms with Gasteiger partial charge in [-0.2, -0.15) is 0 Å². The molecule has 4 heteroatoms. The first-order valence-electron chi connectivity index (χ1n) is 11.4. The molecule has 5 atom stereocenters. The summed E-state index contributed by atoms with van der Waals surface area (Å²) in [5, 5.41) is 7.71. The second-order valence-corrected chi connectivity index (χ2v) is 10.0. The van der Waals surface area contributed by atoms with E-state index in [4.69, 9.17) is 0 Å². The fourth-order valence-electron chi connectivity index (χ4n) is 6.99. The Labute approximate surface area is 168 Å². The van der Waals surface area contributed by atoms with Gasteiger partial charge < -0.3 is 4.57 Å². The molecule has 0 aliphatic heterocycles. The molecule has 2 fully saturated rings. The molecular weight excluding hydrogens is 346 g/mol. The molecule has 4 nitrogen and oxygen atoms in total. The van der Waals surface area contributed by atoms with Gasteiger partial charge >= 0.3 is 0 Å². The van der Waals surface area contributed by atoms with Crippen LogP contribution in [0.4, 0.5) is 0 Å². The second-order valence-electron chi connectivity index (χ2n) is 10.0. The predicted octanol–water partition coefficient (Wildman–Crippen LogP) is 5.13. The molecule has 1 heterocycles. The quantitative estimate of drug-likeness (QED) is 0.526. The van der Waals surface area contributed by atoms with Crippen molar-refractivity contribution < 1.29 is 4.79 Å². The van der Waals surface area contributed by atoms with Crippen LogP contribution in [0.3, 0.4) is 0 Å². The van der Waals surface area contributed by atoms with E-state index in [0.717, 1.165) is 49.1 Å². The molecule has 0 saturated heterocycles. The average Bonchev–Trinajstić information content (AvgIpc) is 3.34. The third-order valence-electron chi connectivity index (χ3n) is 8.50. The molecule has 150 valence electrons. The lowest BCUT2D eigenvalue weighted by Gasteiger charge is -2.51. The number of hydrogen-bond donors (Lipinski definition) is 0. The number of aromatic nitrogens is 3. The number of ketones is 1.